The quantitative estimate of drug-likeness (QED) is 0.476. The van der Waals surface area contributed by atoms with E-state index >= 15 is 0 Å². The maximum Gasteiger partial charge on any atom is 0.263 e. The number of aromatic nitrogens is 3. The number of sulfonamides is 1. The van der Waals surface area contributed by atoms with Crippen LogP contribution in [0.15, 0.2) is 64.1 Å². The van der Waals surface area contributed by atoms with Crippen LogP contribution in [-0.4, -0.2) is 23.1 Å². The molecule has 1 N–H and O–H groups in total. The van der Waals surface area contributed by atoms with E-state index in [1.807, 2.05) is 24.3 Å². The van der Waals surface area contributed by atoms with E-state index in [0.29, 0.717) is 22.5 Å². The number of nitrogens with zero attached hydrogens (tertiary/aromatic N) is 3. The molecule has 0 bridgehead atoms. The minimum atomic E-state index is -3.81. The van der Waals surface area contributed by atoms with Gasteiger partial charge in [0, 0.05) is 34.0 Å². The molecule has 0 spiro atoms. The summed E-state index contributed by atoms with van der Waals surface area (Å²) in [6.07, 6.45) is 1.27. The Balaban J connectivity index is 1.60. The van der Waals surface area contributed by atoms with Crippen LogP contribution in [0.1, 0.15) is 12.6 Å². The number of pyridine rings is 1. The van der Waals surface area contributed by atoms with E-state index in [0.717, 1.165) is 28.4 Å². The molecule has 0 radical (unpaired) electrons. The highest BCUT2D eigenvalue weighted by molar-refractivity contribution is 7.92. The third-order valence-corrected chi connectivity index (χ3v) is 6.48. The van der Waals surface area contributed by atoms with Crippen molar-refractivity contribution in [1.82, 2.24) is 14.7 Å². The van der Waals surface area contributed by atoms with Gasteiger partial charge in [0.05, 0.1) is 17.3 Å². The summed E-state index contributed by atoms with van der Waals surface area (Å²) < 4.78 is 35.8. The molecule has 0 aliphatic rings. The number of rotatable bonds is 4. The second kappa shape index (κ2) is 6.31. The first-order valence-corrected chi connectivity index (χ1v) is 10.7. The first-order chi connectivity index (χ1) is 14.0. The Bertz CT molecular complexity index is 1500. The number of aryl methyl sites for hydroxylation is 2. The van der Waals surface area contributed by atoms with E-state index in [-0.39, 0.29) is 4.90 Å². The van der Waals surface area contributed by atoms with Crippen molar-refractivity contribution in [1.29, 1.82) is 0 Å². The highest BCUT2D eigenvalue weighted by atomic mass is 32.2. The SMILES string of the molecule is CCn1c2ccccc2c2cc(NS(=O)(=O)c3cnc4onc(C)c4c3)ccc21. The zero-order chi connectivity index (χ0) is 20.2. The Labute approximate surface area is 167 Å². The fourth-order valence-corrected chi connectivity index (χ4v) is 4.76. The maximum absolute atomic E-state index is 12.9. The number of anilines is 1. The van der Waals surface area contributed by atoms with Gasteiger partial charge in [0.2, 0.25) is 0 Å². The Kier molecular flexibility index (Phi) is 3.85. The molecule has 0 unspecified atom stereocenters. The summed E-state index contributed by atoms with van der Waals surface area (Å²) in [6.45, 7) is 4.67. The Morgan fingerprint density at radius 1 is 1.03 bits per heavy atom. The molecule has 3 aromatic heterocycles. The molecule has 0 fully saturated rings. The van der Waals surface area contributed by atoms with E-state index in [4.69, 9.17) is 4.52 Å². The van der Waals surface area contributed by atoms with Gasteiger partial charge < -0.3 is 9.09 Å². The number of para-hydroxylation sites is 1. The molecular weight excluding hydrogens is 388 g/mol. The maximum atomic E-state index is 12.9. The number of benzene rings is 2. The number of fused-ring (bicyclic) bond motifs is 4. The van der Waals surface area contributed by atoms with Crippen molar-refractivity contribution >= 4 is 48.6 Å². The molecule has 29 heavy (non-hydrogen) atoms. The monoisotopic (exact) mass is 406 g/mol. The van der Waals surface area contributed by atoms with Gasteiger partial charge in [-0.1, -0.05) is 23.4 Å². The van der Waals surface area contributed by atoms with Gasteiger partial charge in [-0.15, -0.1) is 0 Å². The van der Waals surface area contributed by atoms with Crippen molar-refractivity contribution in [3.05, 3.63) is 60.4 Å². The van der Waals surface area contributed by atoms with Gasteiger partial charge in [-0.25, -0.2) is 13.4 Å². The van der Waals surface area contributed by atoms with Crippen LogP contribution >= 0.6 is 0 Å². The van der Waals surface area contributed by atoms with Gasteiger partial charge in [0.1, 0.15) is 4.90 Å². The number of hydrogen-bond donors (Lipinski definition) is 1. The van der Waals surface area contributed by atoms with Crippen molar-refractivity contribution in [2.45, 2.75) is 25.3 Å². The highest BCUT2D eigenvalue weighted by Gasteiger charge is 2.19. The van der Waals surface area contributed by atoms with Crippen LogP contribution in [0.4, 0.5) is 5.69 Å². The smallest absolute Gasteiger partial charge is 0.263 e. The van der Waals surface area contributed by atoms with E-state index in [2.05, 4.69) is 38.5 Å². The lowest BCUT2D eigenvalue weighted by Gasteiger charge is -2.09. The molecule has 2 aromatic carbocycles. The van der Waals surface area contributed by atoms with Crippen LogP contribution in [0.25, 0.3) is 32.9 Å². The van der Waals surface area contributed by atoms with Gasteiger partial charge in [-0.2, -0.15) is 0 Å². The number of hydrogen-bond acceptors (Lipinski definition) is 5. The first-order valence-electron chi connectivity index (χ1n) is 9.24. The second-order valence-corrected chi connectivity index (χ2v) is 8.57. The summed E-state index contributed by atoms with van der Waals surface area (Å²) in [6, 6.07) is 15.2. The average molecular weight is 406 g/mol. The average Bonchev–Trinajstić information content (AvgIpc) is 3.25. The molecule has 8 heteroatoms. The predicted octanol–water partition coefficient (Wildman–Crippen LogP) is 4.46. The summed E-state index contributed by atoms with van der Waals surface area (Å²) in [5.74, 6) is 0. The van der Waals surface area contributed by atoms with E-state index < -0.39 is 10.0 Å². The van der Waals surface area contributed by atoms with Crippen LogP contribution < -0.4 is 4.72 Å². The minimum absolute atomic E-state index is 0.0624. The normalized spacial score (nSPS) is 12.2. The molecule has 0 saturated carbocycles. The summed E-state index contributed by atoms with van der Waals surface area (Å²) in [7, 11) is -3.81. The van der Waals surface area contributed by atoms with Gasteiger partial charge in [0.25, 0.3) is 15.7 Å². The van der Waals surface area contributed by atoms with Crippen molar-refractivity contribution in [3.8, 4) is 0 Å². The lowest BCUT2D eigenvalue weighted by atomic mass is 10.1. The Hall–Kier alpha value is -3.39. The third kappa shape index (κ3) is 2.75. The highest BCUT2D eigenvalue weighted by Crippen LogP contribution is 2.31. The molecule has 5 aromatic rings. The Morgan fingerprint density at radius 3 is 2.66 bits per heavy atom. The van der Waals surface area contributed by atoms with Gasteiger partial charge in [-0.05, 0) is 44.2 Å². The topological polar surface area (TPSA) is 90.0 Å². The van der Waals surface area contributed by atoms with Gasteiger partial charge >= 0.3 is 0 Å². The first kappa shape index (κ1) is 17.7. The molecule has 0 amide bonds. The summed E-state index contributed by atoms with van der Waals surface area (Å²) in [5.41, 5.74) is 3.61. The molecule has 146 valence electrons. The largest absolute Gasteiger partial charge is 0.341 e. The summed E-state index contributed by atoms with van der Waals surface area (Å²) >= 11 is 0. The van der Waals surface area contributed by atoms with Crippen LogP contribution in [-0.2, 0) is 16.6 Å². The van der Waals surface area contributed by atoms with Crippen molar-refractivity contribution in [3.63, 3.8) is 0 Å². The lowest BCUT2D eigenvalue weighted by molar-refractivity contribution is 0.442. The van der Waals surface area contributed by atoms with Crippen molar-refractivity contribution in [2.24, 2.45) is 0 Å². The zero-order valence-corrected chi connectivity index (χ0v) is 16.7. The standard InChI is InChI=1S/C21H18N4O3S/c1-3-25-19-7-5-4-6-16(19)18-10-14(8-9-20(18)25)24-29(26,27)15-11-17-13(2)23-28-21(17)22-12-15/h4-12,24H,3H2,1-2H3. The predicted molar refractivity (Wildman–Crippen MR) is 112 cm³/mol. The molecule has 0 aliphatic heterocycles. The van der Waals surface area contributed by atoms with Crippen LogP contribution in [0.3, 0.4) is 0 Å². The van der Waals surface area contributed by atoms with Gasteiger partial charge in [0.15, 0.2) is 0 Å². The fourth-order valence-electron chi connectivity index (χ4n) is 3.74. The molecule has 7 nitrogen and oxygen atoms in total. The Morgan fingerprint density at radius 2 is 1.83 bits per heavy atom. The minimum Gasteiger partial charge on any atom is -0.341 e. The van der Waals surface area contributed by atoms with Crippen molar-refractivity contribution < 1.29 is 12.9 Å². The molecular formula is C21H18N4O3S. The fraction of sp³-hybridized carbons (Fsp3) is 0.143. The van der Waals surface area contributed by atoms with Crippen LogP contribution in [0, 0.1) is 6.92 Å². The summed E-state index contributed by atoms with van der Waals surface area (Å²) in [5, 5.41) is 6.50. The second-order valence-electron chi connectivity index (χ2n) is 6.89. The summed E-state index contributed by atoms with van der Waals surface area (Å²) in [4.78, 5) is 4.13. The van der Waals surface area contributed by atoms with E-state index in [9.17, 15) is 8.42 Å². The molecule has 0 atom stereocenters. The zero-order valence-electron chi connectivity index (χ0n) is 15.9. The van der Waals surface area contributed by atoms with Crippen LogP contribution in [0.5, 0.6) is 0 Å². The van der Waals surface area contributed by atoms with E-state index in [1.165, 1.54) is 12.3 Å². The van der Waals surface area contributed by atoms with Crippen molar-refractivity contribution in [2.75, 3.05) is 4.72 Å². The number of nitrogens with one attached hydrogen (secondary N) is 1. The molecule has 5 rings (SSSR count). The van der Waals surface area contributed by atoms with E-state index in [1.54, 1.807) is 13.0 Å². The molecule has 0 saturated heterocycles. The van der Waals surface area contributed by atoms with Crippen LogP contribution in [0.2, 0.25) is 0 Å². The third-order valence-electron chi connectivity index (χ3n) is 5.14. The van der Waals surface area contributed by atoms with Gasteiger partial charge in [-0.3, -0.25) is 4.72 Å². The lowest BCUT2D eigenvalue weighted by Crippen LogP contribution is -2.13. The molecule has 0 aliphatic carbocycles. The molecule has 3 heterocycles.